The van der Waals surface area contributed by atoms with Gasteiger partial charge >= 0.3 is 5.97 Å². The molecule has 0 aliphatic carbocycles. The van der Waals surface area contributed by atoms with Crippen LogP contribution in [-0.2, 0) is 11.3 Å². The molecular formula is C26H28N2O4. The fraction of sp³-hybridized carbons (Fsp3) is 0.308. The van der Waals surface area contributed by atoms with Crippen molar-refractivity contribution in [2.75, 3.05) is 6.61 Å². The zero-order valence-corrected chi connectivity index (χ0v) is 18.5. The molecule has 0 aliphatic rings. The van der Waals surface area contributed by atoms with Crippen molar-refractivity contribution in [2.45, 2.75) is 46.1 Å². The van der Waals surface area contributed by atoms with Crippen molar-refractivity contribution in [3.05, 3.63) is 71.7 Å². The first-order valence-electron chi connectivity index (χ1n) is 11.0. The summed E-state index contributed by atoms with van der Waals surface area (Å²) in [6, 6.07) is 16.2. The number of aliphatic carboxylic acids is 1. The van der Waals surface area contributed by atoms with E-state index in [2.05, 4.69) is 28.6 Å². The quantitative estimate of drug-likeness (QED) is 0.312. The van der Waals surface area contributed by atoms with Crippen LogP contribution in [-0.4, -0.2) is 27.2 Å². The van der Waals surface area contributed by atoms with Gasteiger partial charge in [0.15, 0.2) is 0 Å². The Balaban J connectivity index is 1.50. The van der Waals surface area contributed by atoms with E-state index in [1.165, 1.54) is 0 Å². The maximum absolute atomic E-state index is 10.6. The molecule has 0 atom stereocenters. The first kappa shape index (κ1) is 21.7. The molecule has 0 bridgehead atoms. The first-order valence-corrected chi connectivity index (χ1v) is 11.0. The molecule has 0 amide bonds. The average Bonchev–Trinajstić information content (AvgIpc) is 3.32. The van der Waals surface area contributed by atoms with Gasteiger partial charge in [-0.1, -0.05) is 18.2 Å². The normalized spacial score (nSPS) is 11.2. The number of ether oxygens (including phenoxy) is 1. The summed E-state index contributed by atoms with van der Waals surface area (Å²) in [5.41, 5.74) is 4.08. The van der Waals surface area contributed by atoms with E-state index in [9.17, 15) is 4.79 Å². The zero-order valence-electron chi connectivity index (χ0n) is 18.5. The predicted molar refractivity (Wildman–Crippen MR) is 124 cm³/mol. The number of unbranched alkanes of at least 4 members (excludes halogenated alkanes) is 2. The van der Waals surface area contributed by atoms with Crippen molar-refractivity contribution >= 4 is 16.9 Å². The smallest absolute Gasteiger partial charge is 0.303 e. The zero-order chi connectivity index (χ0) is 22.5. The van der Waals surface area contributed by atoms with Crippen LogP contribution in [0.1, 0.15) is 42.7 Å². The number of aromatic nitrogens is 2. The minimum atomic E-state index is -0.746. The van der Waals surface area contributed by atoms with Crippen LogP contribution in [0.5, 0.6) is 5.75 Å². The molecule has 2 aromatic carbocycles. The molecule has 0 saturated carbocycles. The van der Waals surface area contributed by atoms with E-state index in [0.29, 0.717) is 19.6 Å². The first-order chi connectivity index (χ1) is 15.5. The molecule has 4 aromatic rings. The van der Waals surface area contributed by atoms with Gasteiger partial charge < -0.3 is 18.8 Å². The highest BCUT2D eigenvalue weighted by Gasteiger charge is 2.14. The van der Waals surface area contributed by atoms with Crippen LogP contribution in [0, 0.1) is 13.8 Å². The van der Waals surface area contributed by atoms with Crippen molar-refractivity contribution in [3.63, 3.8) is 0 Å². The van der Waals surface area contributed by atoms with Crippen LogP contribution < -0.4 is 4.74 Å². The second kappa shape index (κ2) is 9.73. The summed E-state index contributed by atoms with van der Waals surface area (Å²) in [5.74, 6) is 1.91. The van der Waals surface area contributed by atoms with E-state index in [1.54, 1.807) is 0 Å². The Hall–Kier alpha value is -3.54. The van der Waals surface area contributed by atoms with Gasteiger partial charge in [0.25, 0.3) is 0 Å². The van der Waals surface area contributed by atoms with Gasteiger partial charge in [-0.25, -0.2) is 4.98 Å². The predicted octanol–water partition coefficient (Wildman–Crippen LogP) is 5.99. The van der Waals surface area contributed by atoms with Gasteiger partial charge in [-0.05, 0) is 63.4 Å². The Morgan fingerprint density at radius 2 is 1.94 bits per heavy atom. The lowest BCUT2D eigenvalue weighted by Crippen LogP contribution is -2.07. The molecule has 0 fully saturated rings. The van der Waals surface area contributed by atoms with E-state index < -0.39 is 5.97 Å². The number of fused-ring (bicyclic) bond motifs is 1. The van der Waals surface area contributed by atoms with Gasteiger partial charge in [-0.15, -0.1) is 0 Å². The van der Waals surface area contributed by atoms with Gasteiger partial charge in [0.2, 0.25) is 0 Å². The van der Waals surface area contributed by atoms with Crippen LogP contribution in [0.4, 0.5) is 0 Å². The Kier molecular flexibility index (Phi) is 6.59. The second-order valence-corrected chi connectivity index (χ2v) is 8.08. The monoisotopic (exact) mass is 432 g/mol. The number of carboxylic acid groups (broad SMARTS) is 1. The minimum absolute atomic E-state index is 0.212. The van der Waals surface area contributed by atoms with E-state index in [0.717, 1.165) is 58.0 Å². The van der Waals surface area contributed by atoms with Crippen LogP contribution >= 0.6 is 0 Å². The van der Waals surface area contributed by atoms with Crippen molar-refractivity contribution in [2.24, 2.45) is 0 Å². The van der Waals surface area contributed by atoms with Crippen molar-refractivity contribution in [1.82, 2.24) is 9.55 Å². The lowest BCUT2D eigenvalue weighted by molar-refractivity contribution is -0.137. The molecule has 4 rings (SSSR count). The summed E-state index contributed by atoms with van der Waals surface area (Å²) in [7, 11) is 0. The van der Waals surface area contributed by atoms with Crippen LogP contribution in [0.25, 0.3) is 22.4 Å². The minimum Gasteiger partial charge on any atom is -0.493 e. The summed E-state index contributed by atoms with van der Waals surface area (Å²) in [6.07, 6.45) is 4.46. The molecule has 0 spiro atoms. The lowest BCUT2D eigenvalue weighted by atomic mass is 10.1. The van der Waals surface area contributed by atoms with Crippen LogP contribution in [0.2, 0.25) is 0 Å². The molecule has 0 unspecified atom stereocenters. The number of carboxylic acids is 1. The van der Waals surface area contributed by atoms with E-state index in [-0.39, 0.29) is 6.42 Å². The Bertz CT molecular complexity index is 1220. The number of carbonyl (C=O) groups is 1. The van der Waals surface area contributed by atoms with E-state index in [1.807, 2.05) is 49.5 Å². The largest absolute Gasteiger partial charge is 0.493 e. The number of benzene rings is 2. The SMILES string of the molecule is Cc1cc2cc(-c3ncc(C)n3Cc3ccccc3OCCCCCC(=O)O)ccc2o1. The molecule has 1 N–H and O–H groups in total. The van der Waals surface area contributed by atoms with Gasteiger partial charge in [0, 0.05) is 34.8 Å². The summed E-state index contributed by atoms with van der Waals surface area (Å²) in [6.45, 7) is 5.23. The maximum atomic E-state index is 10.6. The number of nitrogens with zero attached hydrogens (tertiary/aromatic N) is 2. The molecular weight excluding hydrogens is 404 g/mol. The number of para-hydroxylation sites is 1. The topological polar surface area (TPSA) is 77.5 Å². The van der Waals surface area contributed by atoms with Crippen molar-refractivity contribution in [3.8, 4) is 17.1 Å². The van der Waals surface area contributed by atoms with Gasteiger partial charge in [-0.2, -0.15) is 0 Å². The molecule has 0 radical (unpaired) electrons. The summed E-state index contributed by atoms with van der Waals surface area (Å²) >= 11 is 0. The second-order valence-electron chi connectivity index (χ2n) is 8.08. The summed E-state index contributed by atoms with van der Waals surface area (Å²) in [4.78, 5) is 15.3. The number of hydrogen-bond donors (Lipinski definition) is 1. The maximum Gasteiger partial charge on any atom is 0.303 e. The van der Waals surface area contributed by atoms with E-state index in [4.69, 9.17) is 14.3 Å². The third kappa shape index (κ3) is 5.02. The molecule has 2 heterocycles. The van der Waals surface area contributed by atoms with Crippen LogP contribution in [0.3, 0.4) is 0 Å². The lowest BCUT2D eigenvalue weighted by Gasteiger charge is -2.15. The van der Waals surface area contributed by atoms with Crippen LogP contribution in [0.15, 0.2) is 59.1 Å². The number of hydrogen-bond acceptors (Lipinski definition) is 4. The number of rotatable bonds is 10. The van der Waals surface area contributed by atoms with Gasteiger partial charge in [0.05, 0.1) is 13.2 Å². The molecule has 2 aromatic heterocycles. The third-order valence-electron chi connectivity index (χ3n) is 5.55. The van der Waals surface area contributed by atoms with Gasteiger partial charge in [0.1, 0.15) is 22.9 Å². The molecule has 6 heteroatoms. The fourth-order valence-corrected chi connectivity index (χ4v) is 3.89. The summed E-state index contributed by atoms with van der Waals surface area (Å²) in [5, 5.41) is 9.81. The molecule has 166 valence electrons. The Morgan fingerprint density at radius 3 is 2.78 bits per heavy atom. The molecule has 6 nitrogen and oxygen atoms in total. The number of furan rings is 1. The van der Waals surface area contributed by atoms with Crippen molar-refractivity contribution in [1.29, 1.82) is 0 Å². The highest BCUT2D eigenvalue weighted by atomic mass is 16.5. The van der Waals surface area contributed by atoms with Crippen molar-refractivity contribution < 1.29 is 19.1 Å². The molecule has 0 aliphatic heterocycles. The number of imidazole rings is 1. The van der Waals surface area contributed by atoms with Gasteiger partial charge in [-0.3, -0.25) is 4.79 Å². The Morgan fingerprint density at radius 1 is 1.09 bits per heavy atom. The average molecular weight is 433 g/mol. The molecule has 0 saturated heterocycles. The standard InChI is InChI=1S/C26H28N2O4/c1-18-16-27-26(20-11-12-24-22(15-20)14-19(2)32-24)28(18)17-21-8-5-6-9-23(21)31-13-7-3-4-10-25(29)30/h5-6,8-9,11-12,14-16H,3-4,7,10,13,17H2,1-2H3,(H,29,30). The molecule has 32 heavy (non-hydrogen) atoms. The highest BCUT2D eigenvalue weighted by molar-refractivity contribution is 5.83. The number of aryl methyl sites for hydroxylation is 2. The Labute approximate surface area is 187 Å². The van der Waals surface area contributed by atoms with E-state index >= 15 is 0 Å². The summed E-state index contributed by atoms with van der Waals surface area (Å²) < 4.78 is 13.9. The highest BCUT2D eigenvalue weighted by Crippen LogP contribution is 2.28. The third-order valence-corrected chi connectivity index (χ3v) is 5.55. The fourth-order valence-electron chi connectivity index (χ4n) is 3.89.